The van der Waals surface area contributed by atoms with Crippen molar-refractivity contribution in [2.24, 2.45) is 0 Å². The molecule has 0 aliphatic heterocycles. The monoisotopic (exact) mass is 318 g/mol. The minimum absolute atomic E-state index is 0.237. The average Bonchev–Trinajstić information content (AvgIpc) is 2.57. The van der Waals surface area contributed by atoms with Crippen LogP contribution >= 0.6 is 0 Å². The Morgan fingerprint density at radius 1 is 0.826 bits per heavy atom. The van der Waals surface area contributed by atoms with Crippen LogP contribution in [0.2, 0.25) is 0 Å². The van der Waals surface area contributed by atoms with Gasteiger partial charge < -0.3 is 4.74 Å². The second-order valence-electron chi connectivity index (χ2n) is 6.45. The second kappa shape index (κ2) is 14.4. The number of hydrogen-bond donors (Lipinski definition) is 0. The molecule has 0 saturated heterocycles. The molecule has 1 aromatic carbocycles. The maximum absolute atomic E-state index is 11.7. The molecule has 0 amide bonds. The lowest BCUT2D eigenvalue weighted by Gasteiger charge is -2.04. The van der Waals surface area contributed by atoms with E-state index in [-0.39, 0.29) is 12.4 Å². The molecule has 0 atom stereocenters. The molecule has 23 heavy (non-hydrogen) atoms. The zero-order chi connectivity index (χ0) is 16.6. The van der Waals surface area contributed by atoms with Crippen LogP contribution in [0.15, 0.2) is 30.3 Å². The predicted octanol–water partition coefficient (Wildman–Crippen LogP) is 6.08. The number of carbonyl (C=O) groups is 1. The number of benzene rings is 1. The van der Waals surface area contributed by atoms with Gasteiger partial charge in [-0.25, -0.2) is 0 Å². The van der Waals surface area contributed by atoms with Crippen LogP contribution in [0, 0.1) is 0 Å². The minimum Gasteiger partial charge on any atom is -0.369 e. The Morgan fingerprint density at radius 2 is 1.39 bits per heavy atom. The SMILES string of the molecule is CCCCCCCCCCCCC(=O)COCc1ccccc1. The highest BCUT2D eigenvalue weighted by molar-refractivity contribution is 5.79. The van der Waals surface area contributed by atoms with Crippen LogP contribution in [0.1, 0.15) is 83.1 Å². The van der Waals surface area contributed by atoms with Crippen LogP contribution < -0.4 is 0 Å². The molecule has 130 valence electrons. The highest BCUT2D eigenvalue weighted by atomic mass is 16.5. The quantitative estimate of drug-likeness (QED) is 0.366. The first-order valence-electron chi connectivity index (χ1n) is 9.46. The fourth-order valence-electron chi connectivity index (χ4n) is 2.74. The zero-order valence-corrected chi connectivity index (χ0v) is 14.9. The number of ether oxygens (including phenoxy) is 1. The third kappa shape index (κ3) is 12.0. The fourth-order valence-corrected chi connectivity index (χ4v) is 2.74. The van der Waals surface area contributed by atoms with Gasteiger partial charge in [-0.05, 0) is 12.0 Å². The van der Waals surface area contributed by atoms with E-state index in [0.29, 0.717) is 13.0 Å². The molecular formula is C21H34O2. The van der Waals surface area contributed by atoms with Crippen molar-refractivity contribution in [3.8, 4) is 0 Å². The van der Waals surface area contributed by atoms with E-state index in [1.54, 1.807) is 0 Å². The maximum Gasteiger partial charge on any atom is 0.158 e. The van der Waals surface area contributed by atoms with E-state index in [1.165, 1.54) is 57.8 Å². The van der Waals surface area contributed by atoms with E-state index >= 15 is 0 Å². The molecule has 0 heterocycles. The van der Waals surface area contributed by atoms with Crippen molar-refractivity contribution in [2.45, 2.75) is 84.2 Å². The molecule has 1 rings (SSSR count). The molecule has 0 N–H and O–H groups in total. The Morgan fingerprint density at radius 3 is 2.00 bits per heavy atom. The minimum atomic E-state index is 0.237. The highest BCUT2D eigenvalue weighted by Crippen LogP contribution is 2.11. The topological polar surface area (TPSA) is 26.3 Å². The lowest BCUT2D eigenvalue weighted by atomic mass is 10.1. The van der Waals surface area contributed by atoms with Gasteiger partial charge in [-0.1, -0.05) is 95.0 Å². The number of ketones is 1. The van der Waals surface area contributed by atoms with Crippen molar-refractivity contribution in [2.75, 3.05) is 6.61 Å². The normalized spacial score (nSPS) is 10.8. The van der Waals surface area contributed by atoms with Gasteiger partial charge in [0.15, 0.2) is 5.78 Å². The lowest BCUT2D eigenvalue weighted by molar-refractivity contribution is -0.124. The summed E-state index contributed by atoms with van der Waals surface area (Å²) < 4.78 is 5.47. The van der Waals surface area contributed by atoms with E-state index in [1.807, 2.05) is 30.3 Å². The van der Waals surface area contributed by atoms with Crippen molar-refractivity contribution in [1.82, 2.24) is 0 Å². The van der Waals surface area contributed by atoms with Crippen LogP contribution in [-0.4, -0.2) is 12.4 Å². The highest BCUT2D eigenvalue weighted by Gasteiger charge is 2.02. The molecule has 0 aliphatic rings. The van der Waals surface area contributed by atoms with Gasteiger partial charge in [0.25, 0.3) is 0 Å². The van der Waals surface area contributed by atoms with Gasteiger partial charge in [-0.3, -0.25) is 4.79 Å². The Hall–Kier alpha value is -1.15. The van der Waals surface area contributed by atoms with Gasteiger partial charge in [0.1, 0.15) is 6.61 Å². The summed E-state index contributed by atoms with van der Waals surface area (Å²) in [6.07, 6.45) is 13.7. The predicted molar refractivity (Wildman–Crippen MR) is 97.6 cm³/mol. The number of Topliss-reactive ketones (excluding diaryl/α,β-unsaturated/α-hetero) is 1. The summed E-state index contributed by atoms with van der Waals surface area (Å²) in [5.41, 5.74) is 1.12. The van der Waals surface area contributed by atoms with Gasteiger partial charge in [0.05, 0.1) is 6.61 Å². The molecule has 0 spiro atoms. The van der Waals surface area contributed by atoms with E-state index < -0.39 is 0 Å². The standard InChI is InChI=1S/C21H34O2/c1-2-3-4-5-6-7-8-9-10-14-17-21(22)19-23-18-20-15-12-11-13-16-20/h11-13,15-16H,2-10,14,17-19H2,1H3. The first kappa shape index (κ1) is 19.9. The van der Waals surface area contributed by atoms with E-state index in [4.69, 9.17) is 4.74 Å². The first-order chi connectivity index (χ1) is 11.3. The number of hydrogen-bond acceptors (Lipinski definition) is 2. The summed E-state index contributed by atoms with van der Waals surface area (Å²) in [4.78, 5) is 11.7. The van der Waals surface area contributed by atoms with Gasteiger partial charge in [0.2, 0.25) is 0 Å². The number of unbranched alkanes of at least 4 members (excludes halogenated alkanes) is 9. The Kier molecular flexibility index (Phi) is 12.5. The van der Waals surface area contributed by atoms with Crippen molar-refractivity contribution in [3.05, 3.63) is 35.9 Å². The first-order valence-corrected chi connectivity index (χ1v) is 9.46. The average molecular weight is 319 g/mol. The largest absolute Gasteiger partial charge is 0.369 e. The molecule has 0 fully saturated rings. The Balaban J connectivity index is 1.85. The fraction of sp³-hybridized carbons (Fsp3) is 0.667. The smallest absolute Gasteiger partial charge is 0.158 e. The van der Waals surface area contributed by atoms with E-state index in [9.17, 15) is 4.79 Å². The summed E-state index contributed by atoms with van der Waals surface area (Å²) in [6, 6.07) is 10.0. The number of rotatable bonds is 15. The molecule has 0 aromatic heterocycles. The summed E-state index contributed by atoms with van der Waals surface area (Å²) in [6.45, 7) is 3.05. The van der Waals surface area contributed by atoms with Crippen molar-refractivity contribution in [3.63, 3.8) is 0 Å². The second-order valence-corrected chi connectivity index (χ2v) is 6.45. The number of carbonyl (C=O) groups excluding carboxylic acids is 1. The van der Waals surface area contributed by atoms with Gasteiger partial charge in [-0.15, -0.1) is 0 Å². The molecule has 0 aliphatic carbocycles. The summed E-state index contributed by atoms with van der Waals surface area (Å²) in [7, 11) is 0. The van der Waals surface area contributed by atoms with Gasteiger partial charge in [-0.2, -0.15) is 0 Å². The lowest BCUT2D eigenvalue weighted by Crippen LogP contribution is -2.08. The van der Waals surface area contributed by atoms with E-state index in [0.717, 1.165) is 12.0 Å². The summed E-state index contributed by atoms with van der Waals surface area (Å²) in [5, 5.41) is 0. The van der Waals surface area contributed by atoms with Gasteiger partial charge in [0, 0.05) is 6.42 Å². The third-order valence-corrected chi connectivity index (χ3v) is 4.18. The van der Waals surface area contributed by atoms with Crippen LogP contribution in [0.25, 0.3) is 0 Å². The molecule has 1 aromatic rings. The molecule has 2 nitrogen and oxygen atoms in total. The van der Waals surface area contributed by atoms with Crippen molar-refractivity contribution >= 4 is 5.78 Å². The molecule has 0 bridgehead atoms. The van der Waals surface area contributed by atoms with Gasteiger partial charge >= 0.3 is 0 Å². The Bertz CT molecular complexity index is 386. The summed E-state index contributed by atoms with van der Waals surface area (Å²) >= 11 is 0. The molecule has 0 unspecified atom stereocenters. The zero-order valence-electron chi connectivity index (χ0n) is 14.9. The molecule has 0 radical (unpaired) electrons. The Labute approximate surface area is 142 Å². The molecule has 2 heteroatoms. The summed E-state index contributed by atoms with van der Waals surface area (Å²) in [5.74, 6) is 0.237. The molecule has 0 saturated carbocycles. The van der Waals surface area contributed by atoms with Crippen LogP contribution in [0.4, 0.5) is 0 Å². The maximum atomic E-state index is 11.7. The van der Waals surface area contributed by atoms with E-state index in [2.05, 4.69) is 6.92 Å². The third-order valence-electron chi connectivity index (χ3n) is 4.18. The van der Waals surface area contributed by atoms with Crippen LogP contribution in [0.5, 0.6) is 0 Å². The molecular weight excluding hydrogens is 284 g/mol. The van der Waals surface area contributed by atoms with Crippen molar-refractivity contribution in [1.29, 1.82) is 0 Å². The van der Waals surface area contributed by atoms with Crippen molar-refractivity contribution < 1.29 is 9.53 Å². The van der Waals surface area contributed by atoms with Crippen LogP contribution in [0.3, 0.4) is 0 Å². The van der Waals surface area contributed by atoms with Crippen LogP contribution in [-0.2, 0) is 16.1 Å².